The zero-order valence-electron chi connectivity index (χ0n) is 22.4. The molecule has 5 rings (SSSR count). The number of nitrogens with one attached hydrogen (secondary N) is 2. The number of halogens is 2. The van der Waals surface area contributed by atoms with Gasteiger partial charge in [-0.05, 0) is 34.2 Å². The number of aromatic nitrogens is 1. The van der Waals surface area contributed by atoms with Gasteiger partial charge in [-0.15, -0.1) is 11.3 Å². The number of hydrogen-bond acceptors (Lipinski definition) is 5. The quantitative estimate of drug-likeness (QED) is 0.232. The summed E-state index contributed by atoms with van der Waals surface area (Å²) < 4.78 is 15.9. The number of carbonyl (C=O) groups is 1. The number of phenolic OH excluding ortho intramolecular Hbond substituents is 1. The maximum atomic E-state index is 15.6. The molecule has 6 nitrogen and oxygen atoms in total. The summed E-state index contributed by atoms with van der Waals surface area (Å²) in [4.78, 5) is 18.7. The lowest BCUT2D eigenvalue weighted by molar-refractivity contribution is 0.262. The van der Waals surface area contributed by atoms with Crippen molar-refractivity contribution in [2.75, 3.05) is 22.1 Å². The minimum Gasteiger partial charge on any atom is -0.506 e. The highest BCUT2D eigenvalue weighted by Gasteiger charge is 2.42. The summed E-state index contributed by atoms with van der Waals surface area (Å²) in [5.74, 6) is -0.278. The maximum Gasteiger partial charge on any atom is 0.324 e. The number of nitrogens with zero attached hydrogens (tertiary/aromatic N) is 2. The Balaban J connectivity index is 1.57. The summed E-state index contributed by atoms with van der Waals surface area (Å²) in [6, 6.07) is 16.0. The van der Waals surface area contributed by atoms with Crippen LogP contribution in [-0.2, 0) is 10.8 Å². The summed E-state index contributed by atoms with van der Waals surface area (Å²) in [7, 11) is 0. The molecule has 0 fully saturated rings. The van der Waals surface area contributed by atoms with Gasteiger partial charge >= 0.3 is 6.03 Å². The summed E-state index contributed by atoms with van der Waals surface area (Å²) in [5, 5.41) is 18.3. The van der Waals surface area contributed by atoms with Gasteiger partial charge in [-0.3, -0.25) is 5.32 Å². The molecule has 39 heavy (non-hydrogen) atoms. The molecule has 0 unspecified atom stereocenters. The molecule has 0 saturated carbocycles. The van der Waals surface area contributed by atoms with Crippen LogP contribution in [0.1, 0.15) is 45.7 Å². The van der Waals surface area contributed by atoms with Crippen LogP contribution in [0.25, 0.3) is 11.1 Å². The van der Waals surface area contributed by atoms with Crippen LogP contribution in [0.3, 0.4) is 0 Å². The molecule has 202 valence electrons. The van der Waals surface area contributed by atoms with Gasteiger partial charge in [0.15, 0.2) is 4.47 Å². The van der Waals surface area contributed by atoms with E-state index < -0.39 is 17.3 Å². The smallest absolute Gasteiger partial charge is 0.324 e. The molecule has 1 aliphatic rings. The van der Waals surface area contributed by atoms with Crippen LogP contribution in [0, 0.1) is 5.82 Å². The molecule has 0 bridgehead atoms. The van der Waals surface area contributed by atoms with Crippen molar-refractivity contribution in [3.05, 3.63) is 81.4 Å². The number of thiazole rings is 1. The molecule has 2 amide bonds. The van der Waals surface area contributed by atoms with E-state index in [2.05, 4.69) is 36.4 Å². The van der Waals surface area contributed by atoms with Crippen molar-refractivity contribution in [3.63, 3.8) is 0 Å². The van der Waals surface area contributed by atoms with Crippen molar-refractivity contribution in [2.45, 2.75) is 45.4 Å². The molecule has 1 aliphatic heterocycles. The van der Waals surface area contributed by atoms with Crippen LogP contribution in [0.2, 0.25) is 4.47 Å². The van der Waals surface area contributed by atoms with E-state index in [0.717, 1.165) is 16.7 Å². The third kappa shape index (κ3) is 5.18. The Morgan fingerprint density at radius 1 is 1.13 bits per heavy atom. The van der Waals surface area contributed by atoms with Crippen molar-refractivity contribution in [3.8, 4) is 16.9 Å². The topological polar surface area (TPSA) is 77.5 Å². The average Bonchev–Trinajstić information content (AvgIpc) is 3.38. The molecule has 0 saturated heterocycles. The highest BCUT2D eigenvalue weighted by molar-refractivity contribution is 7.14. The van der Waals surface area contributed by atoms with Crippen LogP contribution >= 0.6 is 22.9 Å². The fraction of sp³-hybridized carbons (Fsp3) is 0.267. The fourth-order valence-corrected chi connectivity index (χ4v) is 5.83. The Labute approximate surface area is 236 Å². The number of rotatable bonds is 4. The number of benzene rings is 3. The van der Waals surface area contributed by atoms with Crippen LogP contribution in [0.15, 0.2) is 60.0 Å². The average molecular weight is 565 g/mol. The van der Waals surface area contributed by atoms with Gasteiger partial charge in [0.25, 0.3) is 0 Å². The van der Waals surface area contributed by atoms with Crippen molar-refractivity contribution < 1.29 is 14.3 Å². The van der Waals surface area contributed by atoms with Crippen molar-refractivity contribution in [2.24, 2.45) is 0 Å². The summed E-state index contributed by atoms with van der Waals surface area (Å²) in [5.41, 5.74) is 4.28. The maximum absolute atomic E-state index is 15.6. The molecule has 9 heteroatoms. The lowest BCUT2D eigenvalue weighted by Crippen LogP contribution is -2.27. The van der Waals surface area contributed by atoms with E-state index in [1.807, 2.05) is 61.2 Å². The number of phenols is 1. The van der Waals surface area contributed by atoms with Gasteiger partial charge in [0.1, 0.15) is 17.4 Å². The van der Waals surface area contributed by atoms with Crippen LogP contribution in [0.4, 0.5) is 32.1 Å². The zero-order valence-corrected chi connectivity index (χ0v) is 24.0. The van der Waals surface area contributed by atoms with Crippen molar-refractivity contribution >= 4 is 51.8 Å². The Hall–Kier alpha value is -3.62. The van der Waals surface area contributed by atoms with Crippen molar-refractivity contribution in [1.29, 1.82) is 0 Å². The predicted octanol–water partition coefficient (Wildman–Crippen LogP) is 8.68. The number of amides is 2. The van der Waals surface area contributed by atoms with Crippen LogP contribution < -0.4 is 15.5 Å². The summed E-state index contributed by atoms with van der Waals surface area (Å²) in [6.07, 6.45) is 0. The fourth-order valence-electron chi connectivity index (χ4n) is 5.13. The minimum atomic E-state index is -0.514. The Kier molecular flexibility index (Phi) is 6.81. The first-order valence-corrected chi connectivity index (χ1v) is 13.8. The second-order valence-corrected chi connectivity index (χ2v) is 12.8. The predicted molar refractivity (Wildman–Crippen MR) is 158 cm³/mol. The first-order valence-electron chi connectivity index (χ1n) is 12.6. The van der Waals surface area contributed by atoms with Gasteiger partial charge in [-0.25, -0.2) is 14.2 Å². The van der Waals surface area contributed by atoms with Gasteiger partial charge < -0.3 is 15.3 Å². The molecule has 3 N–H and O–H groups in total. The van der Waals surface area contributed by atoms with E-state index in [9.17, 15) is 9.90 Å². The zero-order chi connectivity index (χ0) is 28.1. The van der Waals surface area contributed by atoms with Gasteiger partial charge in [0.05, 0.1) is 17.1 Å². The molecule has 0 radical (unpaired) electrons. The molecular formula is C30H30ClFN4O2S. The molecular weight excluding hydrogens is 535 g/mol. The Morgan fingerprint density at radius 3 is 2.46 bits per heavy atom. The SMILES string of the molecule is CC(C)(C)c1ccc(-c2c(F)cc(O)c3c2C(C)(C)CN3c2ccccc2NC(=O)Nc2csc(Cl)n2)cc1. The molecule has 0 spiro atoms. The summed E-state index contributed by atoms with van der Waals surface area (Å²) in [6.45, 7) is 11.0. The highest BCUT2D eigenvalue weighted by Crippen LogP contribution is 2.54. The molecule has 2 heterocycles. The standard InChI is InChI=1S/C30H30ClFN4O2S/c1-29(2,3)18-12-10-17(11-13-18)24-19(32)14-22(37)26-25(24)30(4,5)16-36(26)21-9-7-6-8-20(21)33-28(38)35-23-15-39-27(31)34-23/h6-15,37H,16H2,1-5H3,(H2,33,35,38). The van der Waals surface area contributed by atoms with E-state index in [0.29, 0.717) is 39.5 Å². The van der Waals surface area contributed by atoms with Gasteiger partial charge in [-0.1, -0.05) is 82.6 Å². The number of aromatic hydroxyl groups is 1. The number of fused-ring (bicyclic) bond motifs is 1. The number of para-hydroxylation sites is 2. The summed E-state index contributed by atoms with van der Waals surface area (Å²) >= 11 is 7.10. The third-order valence-electron chi connectivity index (χ3n) is 6.93. The highest BCUT2D eigenvalue weighted by atomic mass is 35.5. The molecule has 4 aromatic rings. The lowest BCUT2D eigenvalue weighted by Gasteiger charge is -2.25. The number of hydrogen-bond donors (Lipinski definition) is 3. The first kappa shape index (κ1) is 27.0. The minimum absolute atomic E-state index is 0.0290. The van der Waals surface area contributed by atoms with Gasteiger partial charge in [-0.2, -0.15) is 0 Å². The van der Waals surface area contributed by atoms with Gasteiger partial charge in [0, 0.05) is 29.0 Å². The Bertz CT molecular complexity index is 1560. The third-order valence-corrected chi connectivity index (χ3v) is 7.91. The lowest BCUT2D eigenvalue weighted by atomic mass is 9.80. The molecule has 3 aromatic carbocycles. The first-order chi connectivity index (χ1) is 18.3. The van der Waals surface area contributed by atoms with Crippen LogP contribution in [-0.4, -0.2) is 22.7 Å². The number of anilines is 4. The van der Waals surface area contributed by atoms with E-state index in [1.54, 1.807) is 11.4 Å². The van der Waals surface area contributed by atoms with Crippen LogP contribution in [0.5, 0.6) is 5.75 Å². The molecule has 0 aliphatic carbocycles. The monoisotopic (exact) mass is 564 g/mol. The second kappa shape index (κ2) is 9.84. The van der Waals surface area contributed by atoms with E-state index >= 15 is 4.39 Å². The molecule has 0 atom stereocenters. The van der Waals surface area contributed by atoms with Crippen molar-refractivity contribution in [1.82, 2.24) is 4.98 Å². The van der Waals surface area contributed by atoms with E-state index in [1.165, 1.54) is 17.4 Å². The normalized spacial score (nSPS) is 14.3. The number of carbonyl (C=O) groups excluding carboxylic acids is 1. The Morgan fingerprint density at radius 2 is 1.82 bits per heavy atom. The number of urea groups is 1. The second-order valence-electron chi connectivity index (χ2n) is 11.4. The van der Waals surface area contributed by atoms with Gasteiger partial charge in [0.2, 0.25) is 0 Å². The van der Waals surface area contributed by atoms with E-state index in [4.69, 9.17) is 11.6 Å². The van der Waals surface area contributed by atoms with E-state index in [-0.39, 0.29) is 11.2 Å². The molecule has 1 aromatic heterocycles. The largest absolute Gasteiger partial charge is 0.506 e.